The Bertz CT molecular complexity index is 438. The molecule has 1 aromatic carbocycles. The van der Waals surface area contributed by atoms with Gasteiger partial charge in [-0.25, -0.2) is 0 Å². The Morgan fingerprint density at radius 1 is 0.720 bits per heavy atom. The summed E-state index contributed by atoms with van der Waals surface area (Å²) in [5, 5.41) is 0. The van der Waals surface area contributed by atoms with Crippen LogP contribution in [0.5, 0.6) is 11.5 Å². The second-order valence-corrected chi connectivity index (χ2v) is 7.61. The number of unbranched alkanes of at least 4 members (excludes halogenated alkanes) is 2. The van der Waals surface area contributed by atoms with Gasteiger partial charge in [0.25, 0.3) is 0 Å². The topological polar surface area (TPSA) is 18.5 Å². The maximum atomic E-state index is 5.93. The highest BCUT2D eigenvalue weighted by atomic mass is 16.5. The Morgan fingerprint density at radius 3 is 1.84 bits per heavy atom. The summed E-state index contributed by atoms with van der Waals surface area (Å²) in [6, 6.07) is 8.13. The molecule has 1 aromatic rings. The van der Waals surface area contributed by atoms with Gasteiger partial charge < -0.3 is 9.47 Å². The van der Waals surface area contributed by atoms with Crippen LogP contribution in [0.3, 0.4) is 0 Å². The normalized spacial score (nSPS) is 20.4. The molecule has 2 nitrogen and oxygen atoms in total. The lowest BCUT2D eigenvalue weighted by molar-refractivity contribution is 0.193. The predicted molar refractivity (Wildman–Crippen MR) is 107 cm³/mol. The summed E-state index contributed by atoms with van der Waals surface area (Å²) in [7, 11) is 0. The molecule has 2 rings (SSSR count). The summed E-state index contributed by atoms with van der Waals surface area (Å²) >= 11 is 0. The molecule has 0 radical (unpaired) electrons. The first-order valence-corrected chi connectivity index (χ1v) is 10.7. The van der Waals surface area contributed by atoms with E-state index in [2.05, 4.69) is 13.8 Å². The largest absolute Gasteiger partial charge is 0.494 e. The first-order chi connectivity index (χ1) is 12.3. The summed E-state index contributed by atoms with van der Waals surface area (Å²) in [5.74, 6) is 3.84. The average molecular weight is 347 g/mol. The van der Waals surface area contributed by atoms with E-state index in [9.17, 15) is 0 Å². The SMILES string of the molecule is CCCCCOc1ccc(OCCCC2CCCCC2CCC)cc1. The number of benzene rings is 1. The molecule has 0 aliphatic heterocycles. The molecule has 0 bridgehead atoms. The smallest absolute Gasteiger partial charge is 0.119 e. The highest BCUT2D eigenvalue weighted by Crippen LogP contribution is 2.36. The van der Waals surface area contributed by atoms with Crippen molar-refractivity contribution in [2.24, 2.45) is 11.8 Å². The summed E-state index contributed by atoms with van der Waals surface area (Å²) in [6.45, 7) is 6.19. The number of hydrogen-bond acceptors (Lipinski definition) is 2. The summed E-state index contributed by atoms with van der Waals surface area (Å²) in [6.07, 6.45) is 14.7. The Labute approximate surface area is 155 Å². The molecule has 0 saturated heterocycles. The third-order valence-corrected chi connectivity index (χ3v) is 5.55. The van der Waals surface area contributed by atoms with Crippen LogP contribution in [0.15, 0.2) is 24.3 Å². The summed E-state index contributed by atoms with van der Waals surface area (Å²) in [4.78, 5) is 0. The van der Waals surface area contributed by atoms with Crippen LogP contribution in [0, 0.1) is 11.8 Å². The Kier molecular flexibility index (Phi) is 9.84. The lowest BCUT2D eigenvalue weighted by Crippen LogP contribution is -2.20. The fraction of sp³-hybridized carbons (Fsp3) is 0.739. The van der Waals surface area contributed by atoms with Crippen molar-refractivity contribution in [3.63, 3.8) is 0 Å². The molecule has 1 aliphatic rings. The molecule has 1 fully saturated rings. The predicted octanol–water partition coefficient (Wildman–Crippen LogP) is 7.02. The van der Waals surface area contributed by atoms with Gasteiger partial charge in [0, 0.05) is 0 Å². The molecule has 0 N–H and O–H groups in total. The van der Waals surface area contributed by atoms with E-state index < -0.39 is 0 Å². The zero-order valence-corrected chi connectivity index (χ0v) is 16.5. The van der Waals surface area contributed by atoms with Gasteiger partial charge in [0.2, 0.25) is 0 Å². The lowest BCUT2D eigenvalue weighted by atomic mass is 9.75. The molecule has 0 heterocycles. The minimum atomic E-state index is 0.814. The third kappa shape index (κ3) is 7.71. The van der Waals surface area contributed by atoms with Crippen molar-refractivity contribution in [1.29, 1.82) is 0 Å². The zero-order valence-electron chi connectivity index (χ0n) is 16.5. The van der Waals surface area contributed by atoms with Crippen molar-refractivity contribution in [2.75, 3.05) is 13.2 Å². The molecular formula is C23H38O2. The van der Waals surface area contributed by atoms with E-state index in [4.69, 9.17) is 9.47 Å². The molecule has 142 valence electrons. The van der Waals surface area contributed by atoms with E-state index in [1.807, 2.05) is 24.3 Å². The molecule has 2 atom stereocenters. The minimum Gasteiger partial charge on any atom is -0.494 e. The van der Waals surface area contributed by atoms with E-state index in [1.165, 1.54) is 64.2 Å². The zero-order chi connectivity index (χ0) is 17.7. The van der Waals surface area contributed by atoms with Crippen LogP contribution < -0.4 is 9.47 Å². The number of hydrogen-bond donors (Lipinski definition) is 0. The molecular weight excluding hydrogens is 308 g/mol. The van der Waals surface area contributed by atoms with Gasteiger partial charge in [0.1, 0.15) is 11.5 Å². The highest BCUT2D eigenvalue weighted by Gasteiger charge is 2.23. The number of rotatable bonds is 12. The molecule has 25 heavy (non-hydrogen) atoms. The minimum absolute atomic E-state index is 0.814. The second-order valence-electron chi connectivity index (χ2n) is 7.61. The summed E-state index contributed by atoms with van der Waals surface area (Å²) in [5.41, 5.74) is 0. The van der Waals surface area contributed by atoms with Gasteiger partial charge in [-0.2, -0.15) is 0 Å². The molecule has 0 aromatic heterocycles. The molecule has 2 unspecified atom stereocenters. The van der Waals surface area contributed by atoms with E-state index in [0.717, 1.165) is 43.0 Å². The standard InChI is InChI=1S/C23H38O2/c1-3-5-8-18-24-22-14-16-23(17-15-22)25-19-9-13-21-12-7-6-11-20(21)10-4-2/h14-17,20-21H,3-13,18-19H2,1-2H3. The fourth-order valence-corrected chi connectivity index (χ4v) is 4.13. The quantitative estimate of drug-likeness (QED) is 0.378. The van der Waals surface area contributed by atoms with Crippen LogP contribution in [0.4, 0.5) is 0 Å². The number of ether oxygens (including phenoxy) is 2. The van der Waals surface area contributed by atoms with Gasteiger partial charge in [-0.15, -0.1) is 0 Å². The maximum absolute atomic E-state index is 5.93. The molecule has 2 heteroatoms. The van der Waals surface area contributed by atoms with Crippen LogP contribution in [-0.4, -0.2) is 13.2 Å². The Morgan fingerprint density at radius 2 is 1.28 bits per heavy atom. The monoisotopic (exact) mass is 346 g/mol. The van der Waals surface area contributed by atoms with Crippen molar-refractivity contribution in [3.05, 3.63) is 24.3 Å². The van der Waals surface area contributed by atoms with Gasteiger partial charge in [-0.1, -0.05) is 65.2 Å². The van der Waals surface area contributed by atoms with Crippen molar-refractivity contribution >= 4 is 0 Å². The highest BCUT2D eigenvalue weighted by molar-refractivity contribution is 5.31. The average Bonchev–Trinajstić information content (AvgIpc) is 2.65. The van der Waals surface area contributed by atoms with Crippen molar-refractivity contribution < 1.29 is 9.47 Å². The van der Waals surface area contributed by atoms with Crippen molar-refractivity contribution in [2.45, 2.75) is 84.5 Å². The lowest BCUT2D eigenvalue weighted by Gasteiger charge is -2.31. The van der Waals surface area contributed by atoms with Gasteiger partial charge in [0.15, 0.2) is 0 Å². The van der Waals surface area contributed by atoms with E-state index >= 15 is 0 Å². The second kappa shape index (κ2) is 12.2. The van der Waals surface area contributed by atoms with Crippen LogP contribution in [0.2, 0.25) is 0 Å². The molecule has 1 saturated carbocycles. The molecule has 0 amide bonds. The van der Waals surface area contributed by atoms with Crippen LogP contribution in [0.1, 0.15) is 84.5 Å². The third-order valence-electron chi connectivity index (χ3n) is 5.55. The van der Waals surface area contributed by atoms with Gasteiger partial charge in [0.05, 0.1) is 13.2 Å². The first-order valence-electron chi connectivity index (χ1n) is 10.7. The molecule has 0 spiro atoms. The Balaban J connectivity index is 1.62. The fourth-order valence-electron chi connectivity index (χ4n) is 4.13. The van der Waals surface area contributed by atoms with Crippen molar-refractivity contribution in [1.82, 2.24) is 0 Å². The van der Waals surface area contributed by atoms with Gasteiger partial charge in [-0.3, -0.25) is 0 Å². The maximum Gasteiger partial charge on any atom is 0.119 e. The van der Waals surface area contributed by atoms with E-state index in [1.54, 1.807) is 0 Å². The Hall–Kier alpha value is -1.18. The van der Waals surface area contributed by atoms with Gasteiger partial charge in [-0.05, 0) is 55.4 Å². The van der Waals surface area contributed by atoms with Crippen LogP contribution in [-0.2, 0) is 0 Å². The summed E-state index contributed by atoms with van der Waals surface area (Å²) < 4.78 is 11.7. The van der Waals surface area contributed by atoms with Crippen LogP contribution >= 0.6 is 0 Å². The van der Waals surface area contributed by atoms with Crippen LogP contribution in [0.25, 0.3) is 0 Å². The van der Waals surface area contributed by atoms with E-state index in [-0.39, 0.29) is 0 Å². The molecule has 1 aliphatic carbocycles. The van der Waals surface area contributed by atoms with E-state index in [0.29, 0.717) is 0 Å². The van der Waals surface area contributed by atoms with Gasteiger partial charge >= 0.3 is 0 Å². The first kappa shape index (κ1) is 20.1. The van der Waals surface area contributed by atoms with Crippen molar-refractivity contribution in [3.8, 4) is 11.5 Å².